The number of amides is 1. The molecule has 1 amide bonds. The SMILES string of the molecule is CC(=O)Oc1cc(CC2c3ccc(CO)cc3CCN2C(C)=O)ccc1CO. The first-order valence-corrected chi connectivity index (χ1v) is 9.33. The van der Waals surface area contributed by atoms with Gasteiger partial charge in [-0.3, -0.25) is 9.59 Å². The fourth-order valence-electron chi connectivity index (χ4n) is 3.79. The molecular weight excluding hydrogens is 358 g/mol. The lowest BCUT2D eigenvalue weighted by molar-refractivity contribution is -0.132. The van der Waals surface area contributed by atoms with E-state index in [2.05, 4.69) is 0 Å². The van der Waals surface area contributed by atoms with E-state index in [0.717, 1.165) is 28.7 Å². The van der Waals surface area contributed by atoms with Crippen molar-refractivity contribution >= 4 is 11.9 Å². The van der Waals surface area contributed by atoms with E-state index in [1.165, 1.54) is 6.92 Å². The van der Waals surface area contributed by atoms with Crippen molar-refractivity contribution in [3.63, 3.8) is 0 Å². The highest BCUT2D eigenvalue weighted by molar-refractivity contribution is 5.74. The maximum absolute atomic E-state index is 12.2. The summed E-state index contributed by atoms with van der Waals surface area (Å²) in [5.74, 6) is -0.0978. The van der Waals surface area contributed by atoms with Crippen molar-refractivity contribution in [2.45, 2.75) is 45.9 Å². The van der Waals surface area contributed by atoms with E-state index in [-0.39, 0.29) is 25.2 Å². The summed E-state index contributed by atoms with van der Waals surface area (Å²) < 4.78 is 5.23. The van der Waals surface area contributed by atoms with Gasteiger partial charge < -0.3 is 19.8 Å². The molecule has 2 N–H and O–H groups in total. The number of benzene rings is 2. The maximum atomic E-state index is 12.2. The molecule has 0 bridgehead atoms. The number of ether oxygens (including phenoxy) is 1. The molecule has 6 heteroatoms. The molecule has 0 fully saturated rings. The summed E-state index contributed by atoms with van der Waals surface area (Å²) in [5.41, 5.74) is 4.51. The first-order valence-electron chi connectivity index (χ1n) is 9.33. The van der Waals surface area contributed by atoms with Crippen LogP contribution in [0.15, 0.2) is 36.4 Å². The molecule has 28 heavy (non-hydrogen) atoms. The average molecular weight is 383 g/mol. The fourth-order valence-corrected chi connectivity index (χ4v) is 3.79. The Morgan fingerprint density at radius 1 is 1.07 bits per heavy atom. The standard InChI is InChI=1S/C22H25NO5/c1-14(26)23-8-7-18-9-17(12-24)4-6-20(18)21(23)10-16-3-5-19(13-25)22(11-16)28-15(2)27/h3-6,9,11,21,24-25H,7-8,10,12-13H2,1-2H3. The van der Waals surface area contributed by atoms with Gasteiger partial charge in [0.05, 0.1) is 19.3 Å². The highest BCUT2D eigenvalue weighted by Crippen LogP contribution is 2.34. The second kappa shape index (κ2) is 8.54. The molecule has 0 radical (unpaired) electrons. The summed E-state index contributed by atoms with van der Waals surface area (Å²) in [4.78, 5) is 25.5. The predicted octanol–water partition coefficient (Wildman–Crippen LogP) is 2.28. The molecule has 0 aliphatic carbocycles. The fraction of sp³-hybridized carbons (Fsp3) is 0.364. The molecular formula is C22H25NO5. The molecule has 148 valence electrons. The molecule has 6 nitrogen and oxygen atoms in total. The Hall–Kier alpha value is -2.70. The molecule has 0 aromatic heterocycles. The summed E-state index contributed by atoms with van der Waals surface area (Å²) in [7, 11) is 0. The number of esters is 1. The summed E-state index contributed by atoms with van der Waals surface area (Å²) in [6, 6.07) is 11.1. The molecule has 1 aliphatic rings. The molecule has 0 saturated heterocycles. The van der Waals surface area contributed by atoms with Gasteiger partial charge in [0.25, 0.3) is 0 Å². The monoisotopic (exact) mass is 383 g/mol. The Kier molecular flexibility index (Phi) is 6.11. The predicted molar refractivity (Wildman–Crippen MR) is 104 cm³/mol. The van der Waals surface area contributed by atoms with E-state index < -0.39 is 5.97 Å². The zero-order valence-corrected chi connectivity index (χ0v) is 16.1. The third-order valence-corrected chi connectivity index (χ3v) is 5.14. The minimum Gasteiger partial charge on any atom is -0.426 e. The van der Waals surface area contributed by atoms with Crippen molar-refractivity contribution in [3.05, 3.63) is 64.2 Å². The van der Waals surface area contributed by atoms with Crippen LogP contribution in [0.2, 0.25) is 0 Å². The molecule has 1 unspecified atom stereocenters. The Morgan fingerprint density at radius 3 is 2.46 bits per heavy atom. The maximum Gasteiger partial charge on any atom is 0.308 e. The van der Waals surface area contributed by atoms with Crippen molar-refractivity contribution in [1.29, 1.82) is 0 Å². The number of nitrogens with zero attached hydrogens (tertiary/aromatic N) is 1. The summed E-state index contributed by atoms with van der Waals surface area (Å²) >= 11 is 0. The van der Waals surface area contributed by atoms with Gasteiger partial charge in [0.1, 0.15) is 5.75 Å². The summed E-state index contributed by atoms with van der Waals surface area (Å²) in [6.07, 6.45) is 1.31. The van der Waals surface area contributed by atoms with Crippen molar-refractivity contribution in [2.75, 3.05) is 6.54 Å². The van der Waals surface area contributed by atoms with Crippen LogP contribution in [0.4, 0.5) is 0 Å². The molecule has 1 aliphatic heterocycles. The van der Waals surface area contributed by atoms with Gasteiger partial charge in [-0.1, -0.05) is 30.3 Å². The zero-order valence-electron chi connectivity index (χ0n) is 16.1. The van der Waals surface area contributed by atoms with Crippen molar-refractivity contribution in [1.82, 2.24) is 4.90 Å². The van der Waals surface area contributed by atoms with Crippen LogP contribution in [-0.2, 0) is 35.6 Å². The van der Waals surface area contributed by atoms with Gasteiger partial charge in [0, 0.05) is 26.0 Å². The normalized spacial score (nSPS) is 15.9. The number of hydrogen-bond acceptors (Lipinski definition) is 5. The van der Waals surface area contributed by atoms with E-state index >= 15 is 0 Å². The number of carbonyl (C=O) groups is 2. The van der Waals surface area contributed by atoms with Crippen LogP contribution < -0.4 is 4.74 Å². The second-order valence-electron chi connectivity index (χ2n) is 7.07. The molecule has 3 rings (SSSR count). The Morgan fingerprint density at radius 2 is 1.82 bits per heavy atom. The van der Waals surface area contributed by atoms with Gasteiger partial charge >= 0.3 is 5.97 Å². The number of carbonyl (C=O) groups excluding carboxylic acids is 2. The van der Waals surface area contributed by atoms with Crippen LogP contribution in [0.1, 0.15) is 47.7 Å². The number of hydrogen-bond donors (Lipinski definition) is 2. The quantitative estimate of drug-likeness (QED) is 0.611. The van der Waals surface area contributed by atoms with Gasteiger partial charge in [0.2, 0.25) is 5.91 Å². The van der Waals surface area contributed by atoms with Crippen molar-refractivity contribution in [2.24, 2.45) is 0 Å². The first kappa shape index (κ1) is 20.0. The van der Waals surface area contributed by atoms with Gasteiger partial charge in [-0.25, -0.2) is 0 Å². The zero-order chi connectivity index (χ0) is 20.3. The number of aliphatic hydroxyl groups excluding tert-OH is 2. The number of rotatable bonds is 5. The van der Waals surface area contributed by atoms with E-state index in [9.17, 15) is 19.8 Å². The third-order valence-electron chi connectivity index (χ3n) is 5.14. The molecule has 2 aromatic rings. The van der Waals surface area contributed by atoms with E-state index in [1.807, 2.05) is 29.2 Å². The molecule has 1 atom stereocenters. The van der Waals surface area contributed by atoms with Gasteiger partial charge in [-0.15, -0.1) is 0 Å². The minimum absolute atomic E-state index is 0.00840. The third kappa shape index (κ3) is 4.24. The van der Waals surface area contributed by atoms with Crippen LogP contribution in [-0.4, -0.2) is 33.5 Å². The Bertz CT molecular complexity index is 892. The van der Waals surface area contributed by atoms with Crippen LogP contribution in [0.5, 0.6) is 5.75 Å². The minimum atomic E-state index is -0.447. The van der Waals surface area contributed by atoms with Crippen LogP contribution >= 0.6 is 0 Å². The second-order valence-corrected chi connectivity index (χ2v) is 7.07. The molecule has 0 saturated carbocycles. The van der Waals surface area contributed by atoms with E-state index in [0.29, 0.717) is 24.3 Å². The number of aliphatic hydroxyl groups is 2. The van der Waals surface area contributed by atoms with Gasteiger partial charge in [0.15, 0.2) is 0 Å². The Labute approximate surface area is 164 Å². The van der Waals surface area contributed by atoms with E-state index in [4.69, 9.17) is 4.74 Å². The number of fused-ring (bicyclic) bond motifs is 1. The topological polar surface area (TPSA) is 87.1 Å². The van der Waals surface area contributed by atoms with E-state index in [1.54, 1.807) is 19.1 Å². The molecule has 2 aromatic carbocycles. The smallest absolute Gasteiger partial charge is 0.308 e. The van der Waals surface area contributed by atoms with Crippen molar-refractivity contribution < 1.29 is 24.5 Å². The van der Waals surface area contributed by atoms with Crippen LogP contribution in [0.3, 0.4) is 0 Å². The van der Waals surface area contributed by atoms with Gasteiger partial charge in [-0.2, -0.15) is 0 Å². The van der Waals surface area contributed by atoms with Gasteiger partial charge in [-0.05, 0) is 41.2 Å². The lowest BCUT2D eigenvalue weighted by Gasteiger charge is -2.37. The largest absolute Gasteiger partial charge is 0.426 e. The molecule has 0 spiro atoms. The molecule has 1 heterocycles. The highest BCUT2D eigenvalue weighted by atomic mass is 16.5. The Balaban J connectivity index is 1.97. The lowest BCUT2D eigenvalue weighted by atomic mass is 9.87. The van der Waals surface area contributed by atoms with Crippen LogP contribution in [0, 0.1) is 0 Å². The van der Waals surface area contributed by atoms with Crippen molar-refractivity contribution in [3.8, 4) is 5.75 Å². The highest BCUT2D eigenvalue weighted by Gasteiger charge is 2.29. The summed E-state index contributed by atoms with van der Waals surface area (Å²) in [5, 5.41) is 18.9. The first-order chi connectivity index (χ1) is 13.4. The lowest BCUT2D eigenvalue weighted by Crippen LogP contribution is -2.39. The summed E-state index contributed by atoms with van der Waals surface area (Å²) in [6.45, 7) is 3.27. The average Bonchev–Trinajstić information content (AvgIpc) is 2.67. The van der Waals surface area contributed by atoms with Crippen LogP contribution in [0.25, 0.3) is 0 Å².